The van der Waals surface area contributed by atoms with Gasteiger partial charge in [0.1, 0.15) is 146 Å². The molecule has 6 saturated heterocycles. The molecule has 0 saturated carbocycles. The summed E-state index contributed by atoms with van der Waals surface area (Å²) in [5.41, 5.74) is 0. The molecule has 0 spiro atoms. The van der Waals surface area contributed by atoms with Crippen LogP contribution in [0.15, 0.2) is 0 Å². The third-order valence-corrected chi connectivity index (χ3v) is 13.6. The first-order valence-electron chi connectivity index (χ1n) is 24.1. The molecule has 20 N–H and O–H groups in total. The Balaban J connectivity index is 1.21. The van der Waals surface area contributed by atoms with Gasteiger partial charge in [0.05, 0.1) is 39.6 Å². The molecular formula is C42H71N3O31. The lowest BCUT2D eigenvalue weighted by atomic mass is 9.95. The van der Waals surface area contributed by atoms with Crippen LogP contribution < -0.4 is 16.0 Å². The quantitative estimate of drug-likeness (QED) is 0.0571. The molecule has 34 heteroatoms. The van der Waals surface area contributed by atoms with Crippen molar-refractivity contribution in [3.05, 3.63) is 0 Å². The molecule has 6 heterocycles. The second-order valence-corrected chi connectivity index (χ2v) is 19.0. The van der Waals surface area contributed by atoms with Gasteiger partial charge >= 0.3 is 0 Å². The van der Waals surface area contributed by atoms with Gasteiger partial charge in [-0.25, -0.2) is 0 Å². The summed E-state index contributed by atoms with van der Waals surface area (Å²) in [6.45, 7) is -2.20. The Labute approximate surface area is 431 Å². The molecule has 6 aliphatic heterocycles. The van der Waals surface area contributed by atoms with Gasteiger partial charge in [0, 0.05) is 20.8 Å². The molecule has 0 aromatic carbocycles. The van der Waals surface area contributed by atoms with E-state index in [1.165, 1.54) is 0 Å². The molecule has 34 nitrogen and oxygen atoms in total. The molecule has 0 aromatic rings. The fraction of sp³-hybridized carbons (Fsp3) is 0.929. The second kappa shape index (κ2) is 27.2. The highest BCUT2D eigenvalue weighted by Crippen LogP contribution is 2.35. The number of carbonyl (C=O) groups excluding carboxylic acids is 3. The van der Waals surface area contributed by atoms with Crippen LogP contribution in [0.25, 0.3) is 0 Å². The van der Waals surface area contributed by atoms with Gasteiger partial charge in [-0.2, -0.15) is 0 Å². The van der Waals surface area contributed by atoms with Crippen LogP contribution >= 0.6 is 0 Å². The summed E-state index contributed by atoms with van der Waals surface area (Å²) in [6.07, 6.45) is -50.7. The molecular weight excluding hydrogens is 1040 g/mol. The Morgan fingerprint density at radius 2 is 0.684 bits per heavy atom. The number of aliphatic hydroxyl groups excluding tert-OH is 17. The summed E-state index contributed by atoms with van der Waals surface area (Å²) in [6, 6.07) is -4.66. The van der Waals surface area contributed by atoms with Crippen molar-refractivity contribution in [3.63, 3.8) is 0 Å². The Morgan fingerprint density at radius 3 is 1.13 bits per heavy atom. The lowest BCUT2D eigenvalue weighted by Crippen LogP contribution is -2.68. The van der Waals surface area contributed by atoms with E-state index >= 15 is 0 Å². The van der Waals surface area contributed by atoms with Crippen LogP contribution in [0.5, 0.6) is 0 Å². The van der Waals surface area contributed by atoms with E-state index in [4.69, 9.17) is 52.1 Å². The average molecular weight is 1110 g/mol. The average Bonchev–Trinajstić information content (AvgIpc) is 3.37. The normalized spacial score (nSPS) is 48.2. The molecule has 0 bridgehead atoms. The Kier molecular flexibility index (Phi) is 22.3. The van der Waals surface area contributed by atoms with E-state index in [9.17, 15) is 101 Å². The maximum Gasteiger partial charge on any atom is 0.217 e. The topological polar surface area (TPSA) is 533 Å². The van der Waals surface area contributed by atoms with Gasteiger partial charge in [0.15, 0.2) is 37.7 Å². The zero-order valence-electron chi connectivity index (χ0n) is 40.9. The first kappa shape index (κ1) is 62.5. The lowest BCUT2D eigenvalue weighted by Gasteiger charge is -2.49. The standard InChI is InChI=1S/C42H71N3O31/c1-10(50)43-19-27(58)22(53)13(4-46)69-38(19)66-8-17-25(56)30(61)36(76-40-21(45-12(3)52)29(60)24(55)15(6-48)71-40)42(73-17)67-9-18-26(57)35(33(64)37(65)68-18)75-41-32(63)31(62)34(16(7-49)72-41)74-39-20(44-11(2)51)28(59)23(54)14(5-47)70-39/h13-42,46-49,53-65H,4-9H2,1-3H3,(H,43,50)(H,44,51)(H,45,52)/t13-,14-,15-,16-,17-,18-,19-,20-,21-,22-,23-,24-,25-,26-,27-,28-,29-,30+,31-,32+,33+,34-,35+,36+,37-,38-,39+,40+,41-,42+/m1/s1. The fourth-order valence-corrected chi connectivity index (χ4v) is 9.50. The van der Waals surface area contributed by atoms with Crippen molar-refractivity contribution < 1.29 is 153 Å². The smallest absolute Gasteiger partial charge is 0.217 e. The van der Waals surface area contributed by atoms with Crippen molar-refractivity contribution in [3.8, 4) is 0 Å². The third kappa shape index (κ3) is 13.9. The van der Waals surface area contributed by atoms with Crippen LogP contribution in [0.2, 0.25) is 0 Å². The van der Waals surface area contributed by atoms with Crippen LogP contribution in [-0.2, 0) is 66.5 Å². The van der Waals surface area contributed by atoms with E-state index in [0.29, 0.717) is 0 Å². The van der Waals surface area contributed by atoms with Crippen molar-refractivity contribution in [2.45, 2.75) is 205 Å². The van der Waals surface area contributed by atoms with Crippen molar-refractivity contribution in [1.29, 1.82) is 0 Å². The monoisotopic (exact) mass is 1110 g/mol. The molecule has 30 atom stereocenters. The van der Waals surface area contributed by atoms with E-state index in [1.807, 2.05) is 0 Å². The van der Waals surface area contributed by atoms with Crippen molar-refractivity contribution in [1.82, 2.24) is 16.0 Å². The molecule has 6 aliphatic rings. The number of aliphatic hydroxyl groups is 17. The largest absolute Gasteiger partial charge is 0.394 e. The van der Waals surface area contributed by atoms with Crippen molar-refractivity contribution in [2.24, 2.45) is 0 Å². The van der Waals surface area contributed by atoms with Gasteiger partial charge in [-0.3, -0.25) is 14.4 Å². The minimum Gasteiger partial charge on any atom is -0.394 e. The minimum absolute atomic E-state index is 0.713. The molecule has 0 aliphatic carbocycles. The van der Waals surface area contributed by atoms with Gasteiger partial charge in [0.2, 0.25) is 17.7 Å². The van der Waals surface area contributed by atoms with Crippen molar-refractivity contribution >= 4 is 17.7 Å². The van der Waals surface area contributed by atoms with Gasteiger partial charge < -0.3 is 155 Å². The fourth-order valence-electron chi connectivity index (χ4n) is 9.50. The number of hydrogen-bond acceptors (Lipinski definition) is 31. The Bertz CT molecular complexity index is 1870. The van der Waals surface area contributed by atoms with Gasteiger partial charge in [-0.15, -0.1) is 0 Å². The van der Waals surface area contributed by atoms with Crippen molar-refractivity contribution in [2.75, 3.05) is 39.6 Å². The zero-order valence-corrected chi connectivity index (χ0v) is 40.9. The first-order valence-corrected chi connectivity index (χ1v) is 24.1. The Hall–Kier alpha value is -2.71. The predicted molar refractivity (Wildman–Crippen MR) is 234 cm³/mol. The summed E-state index contributed by atoms with van der Waals surface area (Å²) in [5.74, 6) is -2.23. The highest BCUT2D eigenvalue weighted by atomic mass is 16.8. The summed E-state index contributed by atoms with van der Waals surface area (Å²) >= 11 is 0. The molecule has 3 amide bonds. The van der Waals surface area contributed by atoms with E-state index < -0.39 is 241 Å². The minimum atomic E-state index is -2.25. The molecule has 0 radical (unpaired) electrons. The second-order valence-electron chi connectivity index (χ2n) is 19.0. The van der Waals surface area contributed by atoms with Crippen LogP contribution in [0.1, 0.15) is 20.8 Å². The lowest BCUT2D eigenvalue weighted by molar-refractivity contribution is -0.379. The summed E-state index contributed by atoms with van der Waals surface area (Å²) in [5, 5.41) is 190. The molecule has 0 aromatic heterocycles. The third-order valence-electron chi connectivity index (χ3n) is 13.6. The van der Waals surface area contributed by atoms with E-state index in [0.717, 1.165) is 20.8 Å². The number of carbonyl (C=O) groups is 3. The molecule has 0 unspecified atom stereocenters. The number of amides is 3. The summed E-state index contributed by atoms with van der Waals surface area (Å²) in [4.78, 5) is 36.2. The van der Waals surface area contributed by atoms with E-state index in [-0.39, 0.29) is 0 Å². The van der Waals surface area contributed by atoms with Crippen LogP contribution in [0.3, 0.4) is 0 Å². The summed E-state index contributed by atoms with van der Waals surface area (Å²) in [7, 11) is 0. The maximum atomic E-state index is 12.2. The molecule has 76 heavy (non-hydrogen) atoms. The highest BCUT2D eigenvalue weighted by molar-refractivity contribution is 5.74. The molecule has 6 fully saturated rings. The summed E-state index contributed by atoms with van der Waals surface area (Å²) < 4.78 is 62.9. The van der Waals surface area contributed by atoms with Gasteiger partial charge in [-0.1, -0.05) is 0 Å². The van der Waals surface area contributed by atoms with Crippen LogP contribution in [-0.4, -0.2) is 328 Å². The van der Waals surface area contributed by atoms with E-state index in [2.05, 4.69) is 16.0 Å². The van der Waals surface area contributed by atoms with Gasteiger partial charge in [-0.05, 0) is 0 Å². The molecule has 6 rings (SSSR count). The highest BCUT2D eigenvalue weighted by Gasteiger charge is 2.56. The number of hydrogen-bond donors (Lipinski definition) is 20. The van der Waals surface area contributed by atoms with Gasteiger partial charge in [0.25, 0.3) is 0 Å². The number of nitrogens with one attached hydrogen (secondary N) is 3. The predicted octanol–water partition coefficient (Wildman–Crippen LogP) is -13.7. The Morgan fingerprint density at radius 1 is 0.342 bits per heavy atom. The maximum absolute atomic E-state index is 12.2. The van der Waals surface area contributed by atoms with Crippen LogP contribution in [0.4, 0.5) is 0 Å². The van der Waals surface area contributed by atoms with Crippen LogP contribution in [0, 0.1) is 0 Å². The number of ether oxygens (including phenoxy) is 11. The zero-order chi connectivity index (χ0) is 56.2. The molecule has 440 valence electrons. The SMILES string of the molecule is CC(=O)N[C@H]1[C@H](OC[C@H]2O[C@H](OC[C@H]3O[C@@H](O)[C@@H](O)[C@@H](O[C@H]4O[C@H](CO)[C@@H](O[C@@H]5O[C@H](CO)[C@@H](O)[C@H](O)[C@H]5NC(C)=O)[C@H](O)[C@@H]4O)[C@@H]3O)[C@@H](O[C@@H]3O[C@H](CO)[C@@H](O)[C@H](O)[C@H]3NC(C)=O)[C@@H](O)[C@@H]2O)O[C@H](CO)[C@@H](O)[C@@H]1O. The number of rotatable bonds is 19. The first-order chi connectivity index (χ1) is 35.9. The van der Waals surface area contributed by atoms with E-state index in [1.54, 1.807) is 0 Å².